The van der Waals surface area contributed by atoms with Crippen LogP contribution >= 0.6 is 0 Å². The van der Waals surface area contributed by atoms with Crippen LogP contribution in [0.3, 0.4) is 0 Å². The molecule has 0 aliphatic heterocycles. The van der Waals surface area contributed by atoms with Gasteiger partial charge < -0.3 is 4.74 Å². The third-order valence-corrected chi connectivity index (χ3v) is 1.98. The third-order valence-electron chi connectivity index (χ3n) is 1.98. The minimum Gasteiger partial charge on any atom is -0.375 e. The van der Waals surface area contributed by atoms with E-state index in [1.807, 2.05) is 6.92 Å². The molecule has 1 radical (unpaired) electrons. The summed E-state index contributed by atoms with van der Waals surface area (Å²) in [4.78, 5) is 0. The van der Waals surface area contributed by atoms with Crippen molar-refractivity contribution in [2.45, 2.75) is 51.2 Å². The highest BCUT2D eigenvalue weighted by Crippen LogP contribution is 2.20. The summed E-state index contributed by atoms with van der Waals surface area (Å²) in [5.74, 6) is 0. The summed E-state index contributed by atoms with van der Waals surface area (Å²) in [5, 5.41) is 0. The Bertz CT molecular complexity index is 82.7. The molecule has 0 heterocycles. The quantitative estimate of drug-likeness (QED) is 0.574. The van der Waals surface area contributed by atoms with Gasteiger partial charge in [-0.25, -0.2) is 0 Å². The van der Waals surface area contributed by atoms with Crippen LogP contribution < -0.4 is 0 Å². The van der Waals surface area contributed by atoms with E-state index in [9.17, 15) is 0 Å². The molecule has 0 amide bonds. The SMILES string of the molecule is [CH2]C(C)OC1CCCCC1. The van der Waals surface area contributed by atoms with E-state index in [0.29, 0.717) is 6.10 Å². The molecule has 1 unspecified atom stereocenters. The van der Waals surface area contributed by atoms with Crippen molar-refractivity contribution in [3.63, 3.8) is 0 Å². The van der Waals surface area contributed by atoms with Gasteiger partial charge in [-0.3, -0.25) is 0 Å². The normalized spacial score (nSPS) is 21.9. The fourth-order valence-corrected chi connectivity index (χ4v) is 1.53. The predicted octanol–water partition coefficient (Wildman–Crippen LogP) is 2.56. The van der Waals surface area contributed by atoms with Gasteiger partial charge in [0.2, 0.25) is 0 Å². The smallest absolute Gasteiger partial charge is 0.0578 e. The van der Waals surface area contributed by atoms with Crippen molar-refractivity contribution < 1.29 is 4.74 Å². The highest BCUT2D eigenvalue weighted by Gasteiger charge is 2.14. The van der Waals surface area contributed by atoms with Crippen molar-refractivity contribution in [2.24, 2.45) is 0 Å². The zero-order chi connectivity index (χ0) is 7.40. The molecule has 59 valence electrons. The van der Waals surface area contributed by atoms with Crippen molar-refractivity contribution in [2.75, 3.05) is 0 Å². The molecule has 1 aliphatic rings. The molecule has 1 rings (SSSR count). The topological polar surface area (TPSA) is 9.23 Å². The molecule has 0 spiro atoms. The number of hydrogen-bond donors (Lipinski definition) is 0. The van der Waals surface area contributed by atoms with Gasteiger partial charge in [0.25, 0.3) is 0 Å². The lowest BCUT2D eigenvalue weighted by Gasteiger charge is -2.23. The first-order valence-corrected chi connectivity index (χ1v) is 4.27. The lowest BCUT2D eigenvalue weighted by Crippen LogP contribution is -2.20. The standard InChI is InChI=1S/C9H17O/c1-8(2)10-9-6-4-3-5-7-9/h8-9H,1,3-7H2,2H3. The molecule has 0 saturated heterocycles. The van der Waals surface area contributed by atoms with Crippen LogP contribution in [0.1, 0.15) is 39.0 Å². The van der Waals surface area contributed by atoms with Crippen molar-refractivity contribution in [3.05, 3.63) is 6.92 Å². The van der Waals surface area contributed by atoms with E-state index in [4.69, 9.17) is 4.74 Å². The van der Waals surface area contributed by atoms with Crippen LogP contribution in [0.4, 0.5) is 0 Å². The number of hydrogen-bond acceptors (Lipinski definition) is 1. The van der Waals surface area contributed by atoms with E-state index in [0.717, 1.165) is 0 Å². The Morgan fingerprint density at radius 1 is 1.30 bits per heavy atom. The molecule has 1 heteroatoms. The molecular formula is C9H17O. The van der Waals surface area contributed by atoms with Crippen molar-refractivity contribution in [3.8, 4) is 0 Å². The van der Waals surface area contributed by atoms with Gasteiger partial charge in [0.1, 0.15) is 0 Å². The van der Waals surface area contributed by atoms with Crippen LogP contribution in [0, 0.1) is 6.92 Å². The van der Waals surface area contributed by atoms with Crippen molar-refractivity contribution in [1.82, 2.24) is 0 Å². The summed E-state index contributed by atoms with van der Waals surface area (Å²) in [6, 6.07) is 0. The van der Waals surface area contributed by atoms with Crippen LogP contribution in [0.15, 0.2) is 0 Å². The Hall–Kier alpha value is -0.0400. The molecule has 1 atom stereocenters. The maximum Gasteiger partial charge on any atom is 0.0578 e. The molecule has 1 fully saturated rings. The van der Waals surface area contributed by atoms with Gasteiger partial charge in [0, 0.05) is 0 Å². The molecule has 0 aromatic rings. The molecule has 10 heavy (non-hydrogen) atoms. The van der Waals surface area contributed by atoms with Gasteiger partial charge >= 0.3 is 0 Å². The van der Waals surface area contributed by atoms with Crippen LogP contribution in [-0.2, 0) is 4.74 Å². The molecule has 1 saturated carbocycles. The zero-order valence-corrected chi connectivity index (χ0v) is 6.81. The lowest BCUT2D eigenvalue weighted by molar-refractivity contribution is 0.0000572. The van der Waals surface area contributed by atoms with Crippen LogP contribution in [0.25, 0.3) is 0 Å². The minimum absolute atomic E-state index is 0.170. The molecule has 0 aromatic heterocycles. The number of rotatable bonds is 2. The third kappa shape index (κ3) is 2.70. The molecule has 0 bridgehead atoms. The second-order valence-corrected chi connectivity index (χ2v) is 3.21. The molecule has 1 aliphatic carbocycles. The van der Waals surface area contributed by atoms with Gasteiger partial charge in [0.15, 0.2) is 0 Å². The summed E-state index contributed by atoms with van der Waals surface area (Å²) in [7, 11) is 0. The maximum absolute atomic E-state index is 5.58. The highest BCUT2D eigenvalue weighted by molar-refractivity contribution is 4.67. The summed E-state index contributed by atoms with van der Waals surface area (Å²) < 4.78 is 5.58. The summed E-state index contributed by atoms with van der Waals surface area (Å²) in [6.45, 7) is 5.82. The molecule has 0 N–H and O–H groups in total. The largest absolute Gasteiger partial charge is 0.375 e. The first-order chi connectivity index (χ1) is 4.79. The van der Waals surface area contributed by atoms with Gasteiger partial charge in [-0.05, 0) is 26.7 Å². The van der Waals surface area contributed by atoms with Crippen molar-refractivity contribution >= 4 is 0 Å². The van der Waals surface area contributed by atoms with Gasteiger partial charge in [-0.15, -0.1) is 0 Å². The Labute approximate surface area is 63.8 Å². The van der Waals surface area contributed by atoms with E-state index in [1.54, 1.807) is 0 Å². The first-order valence-electron chi connectivity index (χ1n) is 4.27. The summed E-state index contributed by atoms with van der Waals surface area (Å²) in [6.07, 6.45) is 7.27. The summed E-state index contributed by atoms with van der Waals surface area (Å²) >= 11 is 0. The highest BCUT2D eigenvalue weighted by atomic mass is 16.5. The van der Waals surface area contributed by atoms with E-state index in [2.05, 4.69) is 6.92 Å². The monoisotopic (exact) mass is 141 g/mol. The van der Waals surface area contributed by atoms with Gasteiger partial charge in [0.05, 0.1) is 12.2 Å². The lowest BCUT2D eigenvalue weighted by atomic mass is 9.98. The van der Waals surface area contributed by atoms with E-state index in [-0.39, 0.29) is 6.10 Å². The van der Waals surface area contributed by atoms with Gasteiger partial charge in [-0.1, -0.05) is 19.3 Å². The predicted molar refractivity (Wildman–Crippen MR) is 42.8 cm³/mol. The molecule has 0 aromatic carbocycles. The minimum atomic E-state index is 0.170. The van der Waals surface area contributed by atoms with E-state index >= 15 is 0 Å². The summed E-state index contributed by atoms with van der Waals surface area (Å²) in [5.41, 5.74) is 0. The average molecular weight is 141 g/mol. The fraction of sp³-hybridized carbons (Fsp3) is 0.889. The Balaban J connectivity index is 2.13. The van der Waals surface area contributed by atoms with Crippen molar-refractivity contribution in [1.29, 1.82) is 0 Å². The second kappa shape index (κ2) is 3.97. The zero-order valence-electron chi connectivity index (χ0n) is 6.81. The molecule has 1 nitrogen and oxygen atoms in total. The molecular weight excluding hydrogens is 124 g/mol. The van der Waals surface area contributed by atoms with Crippen LogP contribution in [0.5, 0.6) is 0 Å². The second-order valence-electron chi connectivity index (χ2n) is 3.21. The maximum atomic E-state index is 5.58. The van der Waals surface area contributed by atoms with Crippen LogP contribution in [0.2, 0.25) is 0 Å². The van der Waals surface area contributed by atoms with E-state index in [1.165, 1.54) is 32.1 Å². The van der Waals surface area contributed by atoms with E-state index < -0.39 is 0 Å². The Morgan fingerprint density at radius 2 is 1.90 bits per heavy atom. The first kappa shape index (κ1) is 8.06. The fourth-order valence-electron chi connectivity index (χ4n) is 1.53. The Kier molecular flexibility index (Phi) is 3.20. The Morgan fingerprint density at radius 3 is 2.40 bits per heavy atom. The average Bonchev–Trinajstić information content (AvgIpc) is 1.88. The van der Waals surface area contributed by atoms with Gasteiger partial charge in [-0.2, -0.15) is 0 Å². The van der Waals surface area contributed by atoms with Crippen LogP contribution in [-0.4, -0.2) is 12.2 Å². The number of ether oxygens (including phenoxy) is 1.